The fourth-order valence-electron chi connectivity index (χ4n) is 4.59. The van der Waals surface area contributed by atoms with Crippen molar-refractivity contribution in [2.75, 3.05) is 32.7 Å². The molecule has 0 radical (unpaired) electrons. The van der Waals surface area contributed by atoms with Gasteiger partial charge in [0.15, 0.2) is 0 Å². The molecule has 2 fully saturated rings. The molecule has 1 atom stereocenters. The van der Waals surface area contributed by atoms with Crippen LogP contribution in [0.5, 0.6) is 0 Å². The lowest BCUT2D eigenvalue weighted by molar-refractivity contribution is -0.135. The predicted octanol–water partition coefficient (Wildman–Crippen LogP) is 4.28. The third-order valence-corrected chi connectivity index (χ3v) is 6.88. The highest BCUT2D eigenvalue weighted by Gasteiger charge is 2.38. The normalized spacial score (nSPS) is 18.9. The highest BCUT2D eigenvalue weighted by molar-refractivity contribution is 6.35. The van der Waals surface area contributed by atoms with Crippen molar-refractivity contribution in [1.29, 1.82) is 0 Å². The van der Waals surface area contributed by atoms with Crippen LogP contribution in [-0.2, 0) is 4.79 Å². The van der Waals surface area contributed by atoms with Crippen LogP contribution in [0.2, 0.25) is 10.0 Å². The van der Waals surface area contributed by atoms with Crippen LogP contribution in [0.15, 0.2) is 42.5 Å². The maximum Gasteiger partial charge on any atom is 0.256 e. The molecule has 0 saturated carbocycles. The Morgan fingerprint density at radius 2 is 1.61 bits per heavy atom. The number of hydrogen-bond acceptors (Lipinski definition) is 3. The van der Waals surface area contributed by atoms with Crippen LogP contribution >= 0.6 is 23.2 Å². The van der Waals surface area contributed by atoms with Gasteiger partial charge in [-0.15, -0.1) is 0 Å². The Hall–Kier alpha value is -2.57. The minimum absolute atomic E-state index is 0.0127. The molecule has 2 aromatic carbocycles. The monoisotopic (exact) mass is 487 g/mol. The molecule has 2 aromatic rings. The summed E-state index contributed by atoms with van der Waals surface area (Å²) in [7, 11) is 0. The van der Waals surface area contributed by atoms with Crippen molar-refractivity contribution in [2.24, 2.45) is 0 Å². The number of nitrogens with zero attached hydrogens (tertiary/aromatic N) is 3. The fourth-order valence-corrected chi connectivity index (χ4v) is 4.97. The van der Waals surface area contributed by atoms with Crippen LogP contribution < -0.4 is 0 Å². The molecule has 0 aliphatic carbocycles. The fraction of sp³-hybridized carbons (Fsp3) is 0.400. The molecule has 3 amide bonds. The summed E-state index contributed by atoms with van der Waals surface area (Å²) in [5.41, 5.74) is 2.02. The van der Waals surface area contributed by atoms with Gasteiger partial charge in [0.2, 0.25) is 5.91 Å². The SMILES string of the molecule is Cc1cccc(C(=O)N2CCCN(C(=O)C3CCCN3C(=O)c3cc(Cl)ccc3Cl)CC2)c1. The lowest BCUT2D eigenvalue weighted by Gasteiger charge is -2.30. The van der Waals surface area contributed by atoms with E-state index in [1.165, 1.54) is 0 Å². The maximum absolute atomic E-state index is 13.4. The van der Waals surface area contributed by atoms with Gasteiger partial charge in [-0.3, -0.25) is 14.4 Å². The van der Waals surface area contributed by atoms with E-state index >= 15 is 0 Å². The van der Waals surface area contributed by atoms with Crippen LogP contribution in [-0.4, -0.2) is 71.2 Å². The number of halogens is 2. The number of carbonyl (C=O) groups is 3. The molecule has 2 heterocycles. The highest BCUT2D eigenvalue weighted by atomic mass is 35.5. The number of aryl methyl sites for hydroxylation is 1. The van der Waals surface area contributed by atoms with E-state index in [4.69, 9.17) is 23.2 Å². The Labute approximate surface area is 204 Å². The summed E-state index contributed by atoms with van der Waals surface area (Å²) in [6.45, 7) is 4.55. The van der Waals surface area contributed by atoms with Crippen molar-refractivity contribution in [1.82, 2.24) is 14.7 Å². The smallest absolute Gasteiger partial charge is 0.256 e. The summed E-state index contributed by atoms with van der Waals surface area (Å²) in [4.78, 5) is 44.7. The molecule has 4 rings (SSSR count). The van der Waals surface area contributed by atoms with Gasteiger partial charge in [0, 0.05) is 43.3 Å². The summed E-state index contributed by atoms with van der Waals surface area (Å²) < 4.78 is 0. The second-order valence-corrected chi connectivity index (χ2v) is 9.46. The average Bonchev–Trinajstić information content (AvgIpc) is 3.17. The second-order valence-electron chi connectivity index (χ2n) is 8.62. The van der Waals surface area contributed by atoms with Crippen LogP contribution in [0, 0.1) is 6.92 Å². The number of hydrogen-bond donors (Lipinski definition) is 0. The Morgan fingerprint density at radius 1 is 0.848 bits per heavy atom. The molecule has 2 aliphatic heterocycles. The molecule has 2 aliphatic rings. The van der Waals surface area contributed by atoms with Crippen molar-refractivity contribution < 1.29 is 14.4 Å². The van der Waals surface area contributed by atoms with E-state index in [0.29, 0.717) is 66.7 Å². The van der Waals surface area contributed by atoms with Crippen molar-refractivity contribution in [3.8, 4) is 0 Å². The molecule has 6 nitrogen and oxygen atoms in total. The molecule has 0 bridgehead atoms. The summed E-state index contributed by atoms with van der Waals surface area (Å²) >= 11 is 12.3. The molecular weight excluding hydrogens is 461 g/mol. The van der Waals surface area contributed by atoms with E-state index in [0.717, 1.165) is 12.0 Å². The molecule has 0 N–H and O–H groups in total. The number of benzene rings is 2. The van der Waals surface area contributed by atoms with E-state index < -0.39 is 6.04 Å². The topological polar surface area (TPSA) is 60.9 Å². The molecule has 0 spiro atoms. The van der Waals surface area contributed by atoms with E-state index in [-0.39, 0.29) is 17.7 Å². The minimum atomic E-state index is -0.522. The first kappa shape index (κ1) is 23.6. The van der Waals surface area contributed by atoms with Crippen molar-refractivity contribution >= 4 is 40.9 Å². The Kier molecular flexibility index (Phi) is 7.25. The number of rotatable bonds is 3. The number of carbonyl (C=O) groups excluding carboxylic acids is 3. The zero-order valence-electron chi connectivity index (χ0n) is 18.6. The molecule has 174 valence electrons. The third-order valence-electron chi connectivity index (χ3n) is 6.32. The van der Waals surface area contributed by atoms with Crippen molar-refractivity contribution in [2.45, 2.75) is 32.2 Å². The molecule has 8 heteroatoms. The van der Waals surface area contributed by atoms with Gasteiger partial charge in [-0.25, -0.2) is 0 Å². The van der Waals surface area contributed by atoms with Gasteiger partial charge in [-0.1, -0.05) is 40.9 Å². The summed E-state index contributed by atoms with van der Waals surface area (Å²) in [5, 5.41) is 0.748. The average molecular weight is 488 g/mol. The molecule has 2 saturated heterocycles. The maximum atomic E-state index is 13.4. The highest BCUT2D eigenvalue weighted by Crippen LogP contribution is 2.27. The molecule has 0 aromatic heterocycles. The van der Waals surface area contributed by atoms with E-state index in [9.17, 15) is 14.4 Å². The quantitative estimate of drug-likeness (QED) is 0.648. The lowest BCUT2D eigenvalue weighted by atomic mass is 10.1. The van der Waals surface area contributed by atoms with Gasteiger partial charge in [0.1, 0.15) is 6.04 Å². The zero-order valence-corrected chi connectivity index (χ0v) is 20.1. The van der Waals surface area contributed by atoms with Gasteiger partial charge in [0.25, 0.3) is 11.8 Å². The van der Waals surface area contributed by atoms with Gasteiger partial charge in [-0.05, 0) is 56.5 Å². The standard InChI is InChI=1S/C25H27Cl2N3O3/c1-17-5-2-6-18(15-17)23(31)28-10-4-11-29(14-13-28)25(33)22-7-3-12-30(22)24(32)20-16-19(26)8-9-21(20)27/h2,5-6,8-9,15-16,22H,3-4,7,10-14H2,1H3. The van der Waals surface area contributed by atoms with E-state index in [2.05, 4.69) is 0 Å². The van der Waals surface area contributed by atoms with Crippen molar-refractivity contribution in [3.63, 3.8) is 0 Å². The Balaban J connectivity index is 1.44. The third kappa shape index (κ3) is 5.17. The largest absolute Gasteiger partial charge is 0.339 e. The lowest BCUT2D eigenvalue weighted by Crippen LogP contribution is -2.49. The van der Waals surface area contributed by atoms with Crippen LogP contribution in [0.1, 0.15) is 45.5 Å². The van der Waals surface area contributed by atoms with E-state index in [1.54, 1.807) is 28.0 Å². The van der Waals surface area contributed by atoms with E-state index in [1.807, 2.05) is 36.1 Å². The van der Waals surface area contributed by atoms with Gasteiger partial charge in [-0.2, -0.15) is 0 Å². The summed E-state index contributed by atoms with van der Waals surface area (Å²) in [6, 6.07) is 11.8. The molecular formula is C25H27Cl2N3O3. The first-order valence-corrected chi connectivity index (χ1v) is 12.0. The van der Waals surface area contributed by atoms with Gasteiger partial charge < -0.3 is 14.7 Å². The minimum Gasteiger partial charge on any atom is -0.339 e. The van der Waals surface area contributed by atoms with Gasteiger partial charge in [0.05, 0.1) is 10.6 Å². The Bertz CT molecular complexity index is 1070. The Morgan fingerprint density at radius 3 is 2.39 bits per heavy atom. The summed E-state index contributed by atoms with van der Waals surface area (Å²) in [5.74, 6) is -0.352. The first-order valence-electron chi connectivity index (χ1n) is 11.3. The van der Waals surface area contributed by atoms with Crippen LogP contribution in [0.25, 0.3) is 0 Å². The second kappa shape index (κ2) is 10.1. The zero-order chi connectivity index (χ0) is 23.5. The summed E-state index contributed by atoms with van der Waals surface area (Å²) in [6.07, 6.45) is 2.07. The number of likely N-dealkylation sites (tertiary alicyclic amines) is 1. The number of amides is 3. The molecule has 33 heavy (non-hydrogen) atoms. The van der Waals surface area contributed by atoms with Crippen LogP contribution in [0.4, 0.5) is 0 Å². The predicted molar refractivity (Wildman–Crippen MR) is 129 cm³/mol. The van der Waals surface area contributed by atoms with Gasteiger partial charge >= 0.3 is 0 Å². The molecule has 1 unspecified atom stereocenters. The van der Waals surface area contributed by atoms with Crippen LogP contribution in [0.3, 0.4) is 0 Å². The van der Waals surface area contributed by atoms with Crippen molar-refractivity contribution in [3.05, 3.63) is 69.2 Å². The first-order chi connectivity index (χ1) is 15.8.